The molecule has 156 valence electrons. The second-order valence-corrected chi connectivity index (χ2v) is 8.14. The zero-order valence-corrected chi connectivity index (χ0v) is 16.5. The van der Waals surface area contributed by atoms with Gasteiger partial charge in [-0.25, -0.2) is 9.38 Å². The van der Waals surface area contributed by atoms with Crippen molar-refractivity contribution in [1.29, 1.82) is 0 Å². The number of ether oxygens (including phenoxy) is 1. The van der Waals surface area contributed by atoms with Gasteiger partial charge in [0.25, 0.3) is 0 Å². The third-order valence-corrected chi connectivity index (χ3v) is 6.13. The SMILES string of the molecule is COCC[C@H]1CN(C2=Nc3ccc(F)cc3Nc3sc(C(F)(F)F)cc32)CC[NH2+]1. The molecule has 5 nitrogen and oxygen atoms in total. The summed E-state index contributed by atoms with van der Waals surface area (Å²) in [6.07, 6.45) is -3.62. The standard InChI is InChI=1S/C19H20F4N4OS/c1-28-7-4-12-10-27(6-5-24-12)17-13-9-16(19(21,22)23)29-18(13)26-15-8-11(20)2-3-14(15)25-17/h2-3,8-9,12,24,26H,4-7,10H2,1H3/p+1/t12-/m0/s1. The van der Waals surface area contributed by atoms with E-state index in [2.05, 4.69) is 15.6 Å². The highest BCUT2D eigenvalue weighted by molar-refractivity contribution is 7.16. The lowest BCUT2D eigenvalue weighted by molar-refractivity contribution is -0.697. The first kappa shape index (κ1) is 20.1. The Kier molecular flexibility index (Phi) is 5.50. The zero-order chi connectivity index (χ0) is 20.6. The Morgan fingerprint density at radius 2 is 2.17 bits per heavy atom. The summed E-state index contributed by atoms with van der Waals surface area (Å²) in [6, 6.07) is 5.49. The van der Waals surface area contributed by atoms with Crippen LogP contribution in [0.1, 0.15) is 16.9 Å². The highest BCUT2D eigenvalue weighted by Crippen LogP contribution is 2.44. The lowest BCUT2D eigenvalue weighted by atomic mass is 10.1. The number of thiophene rings is 1. The average molecular weight is 429 g/mol. The maximum Gasteiger partial charge on any atom is 0.425 e. The summed E-state index contributed by atoms with van der Waals surface area (Å²) in [5.74, 6) is 0.0105. The molecule has 3 heterocycles. The van der Waals surface area contributed by atoms with Gasteiger partial charge in [0, 0.05) is 13.5 Å². The number of methoxy groups -OCH3 is 1. The number of halogens is 4. The van der Waals surface area contributed by atoms with Gasteiger partial charge in [-0.3, -0.25) is 0 Å². The number of hydrogen-bond acceptors (Lipinski definition) is 5. The quantitative estimate of drug-likeness (QED) is 0.736. The van der Waals surface area contributed by atoms with Crippen LogP contribution in [0.15, 0.2) is 29.3 Å². The van der Waals surface area contributed by atoms with Gasteiger partial charge >= 0.3 is 6.18 Å². The van der Waals surface area contributed by atoms with E-state index in [4.69, 9.17) is 4.74 Å². The minimum atomic E-state index is -4.45. The molecule has 0 amide bonds. The second-order valence-electron chi connectivity index (χ2n) is 7.09. The van der Waals surface area contributed by atoms with Crippen LogP contribution >= 0.6 is 11.3 Å². The van der Waals surface area contributed by atoms with Crippen molar-refractivity contribution in [3.8, 4) is 0 Å². The van der Waals surface area contributed by atoms with Crippen LogP contribution in [0.5, 0.6) is 0 Å². The highest BCUT2D eigenvalue weighted by Gasteiger charge is 2.37. The first-order valence-corrected chi connectivity index (χ1v) is 10.1. The van der Waals surface area contributed by atoms with E-state index in [-0.39, 0.29) is 6.04 Å². The van der Waals surface area contributed by atoms with Crippen LogP contribution in [0, 0.1) is 5.82 Å². The summed E-state index contributed by atoms with van der Waals surface area (Å²) < 4.78 is 59.0. The summed E-state index contributed by atoms with van der Waals surface area (Å²) in [5, 5.41) is 5.51. The largest absolute Gasteiger partial charge is 0.425 e. The van der Waals surface area contributed by atoms with Gasteiger partial charge in [0.2, 0.25) is 0 Å². The Hall–Kier alpha value is -2.17. The van der Waals surface area contributed by atoms with Crippen LogP contribution in [0.4, 0.5) is 33.9 Å². The molecule has 4 rings (SSSR count). The summed E-state index contributed by atoms with van der Waals surface area (Å²) in [6.45, 7) is 2.74. The van der Waals surface area contributed by atoms with E-state index in [0.29, 0.717) is 58.8 Å². The number of hydrogen-bond donors (Lipinski definition) is 2. The Morgan fingerprint density at radius 1 is 1.34 bits per heavy atom. The number of anilines is 2. The molecular formula is C19H21F4N4OS+. The first-order valence-electron chi connectivity index (χ1n) is 9.29. The third-order valence-electron chi connectivity index (χ3n) is 5.03. The summed E-state index contributed by atoms with van der Waals surface area (Å²) >= 11 is 0.614. The molecule has 2 aliphatic rings. The monoisotopic (exact) mass is 429 g/mol. The topological polar surface area (TPSA) is 53.5 Å². The van der Waals surface area contributed by atoms with Gasteiger partial charge < -0.3 is 20.3 Å². The number of amidine groups is 1. The number of fused-ring (bicyclic) bond motifs is 2. The molecule has 0 aliphatic carbocycles. The van der Waals surface area contributed by atoms with Gasteiger partial charge in [0.15, 0.2) is 0 Å². The molecule has 1 fully saturated rings. The summed E-state index contributed by atoms with van der Waals surface area (Å²) in [4.78, 5) is 5.98. The number of quaternary nitrogens is 1. The Labute approximate surface area is 169 Å². The van der Waals surface area contributed by atoms with Gasteiger partial charge in [-0.15, -0.1) is 11.3 Å². The van der Waals surface area contributed by atoms with Crippen LogP contribution in [0.25, 0.3) is 0 Å². The lowest BCUT2D eigenvalue weighted by Crippen LogP contribution is -2.95. The zero-order valence-electron chi connectivity index (χ0n) is 15.7. The van der Waals surface area contributed by atoms with Gasteiger partial charge in [-0.1, -0.05) is 0 Å². The number of rotatable bonds is 3. The fourth-order valence-corrected chi connectivity index (χ4v) is 4.55. The number of benzene rings is 1. The van der Waals surface area contributed by atoms with Gasteiger partial charge in [0.1, 0.15) is 27.6 Å². The molecule has 1 aromatic heterocycles. The van der Waals surface area contributed by atoms with E-state index in [1.165, 1.54) is 18.2 Å². The molecule has 0 saturated carbocycles. The number of alkyl halides is 3. The number of aliphatic imine (C=N–C) groups is 1. The molecule has 0 spiro atoms. The Bertz CT molecular complexity index is 927. The average Bonchev–Trinajstić information content (AvgIpc) is 3.04. The summed E-state index contributed by atoms with van der Waals surface area (Å²) in [7, 11) is 1.65. The van der Waals surface area contributed by atoms with Gasteiger partial charge in [0.05, 0.1) is 43.2 Å². The molecule has 2 aromatic rings. The van der Waals surface area contributed by atoms with Crippen molar-refractivity contribution in [1.82, 2.24) is 4.90 Å². The fourth-order valence-electron chi connectivity index (χ4n) is 3.62. The fraction of sp³-hybridized carbons (Fsp3) is 0.421. The molecule has 0 bridgehead atoms. The van der Waals surface area contributed by atoms with Crippen molar-refractivity contribution in [3.63, 3.8) is 0 Å². The molecular weight excluding hydrogens is 408 g/mol. The van der Waals surface area contributed by atoms with Crippen LogP contribution in [0.2, 0.25) is 0 Å². The van der Waals surface area contributed by atoms with Crippen LogP contribution in [-0.2, 0) is 10.9 Å². The Balaban J connectivity index is 1.76. The van der Waals surface area contributed by atoms with Crippen molar-refractivity contribution in [2.75, 3.05) is 38.7 Å². The molecule has 29 heavy (non-hydrogen) atoms. The molecule has 2 aliphatic heterocycles. The van der Waals surface area contributed by atoms with Crippen molar-refractivity contribution in [2.24, 2.45) is 4.99 Å². The molecule has 1 aromatic carbocycles. The molecule has 10 heteroatoms. The van der Waals surface area contributed by atoms with Crippen LogP contribution in [0.3, 0.4) is 0 Å². The van der Waals surface area contributed by atoms with Crippen molar-refractivity contribution in [2.45, 2.75) is 18.6 Å². The first-order chi connectivity index (χ1) is 13.8. The second kappa shape index (κ2) is 7.92. The number of nitrogens with two attached hydrogens (primary N) is 1. The number of nitrogens with one attached hydrogen (secondary N) is 1. The maximum absolute atomic E-state index is 13.7. The molecule has 0 radical (unpaired) electrons. The van der Waals surface area contributed by atoms with E-state index in [0.717, 1.165) is 19.0 Å². The molecule has 0 unspecified atom stereocenters. The van der Waals surface area contributed by atoms with E-state index < -0.39 is 16.9 Å². The normalized spacial score (nSPS) is 19.1. The minimum absolute atomic E-state index is 0.263. The lowest BCUT2D eigenvalue weighted by Gasteiger charge is -2.33. The number of piperazine rings is 1. The minimum Gasteiger partial charge on any atom is -0.384 e. The van der Waals surface area contributed by atoms with Crippen LogP contribution in [-0.4, -0.2) is 50.1 Å². The predicted molar refractivity (Wildman–Crippen MR) is 104 cm³/mol. The van der Waals surface area contributed by atoms with Gasteiger partial charge in [-0.2, -0.15) is 13.2 Å². The predicted octanol–water partition coefficient (Wildman–Crippen LogP) is 3.33. The van der Waals surface area contributed by atoms with E-state index in [9.17, 15) is 17.6 Å². The summed E-state index contributed by atoms with van der Waals surface area (Å²) in [5.41, 5.74) is 1.25. The number of nitrogens with zero attached hydrogens (tertiary/aromatic N) is 2. The molecule has 1 atom stereocenters. The van der Waals surface area contributed by atoms with Crippen molar-refractivity contribution < 1.29 is 27.6 Å². The molecule has 3 N–H and O–H groups in total. The molecule has 1 saturated heterocycles. The van der Waals surface area contributed by atoms with E-state index in [1.807, 2.05) is 4.90 Å². The Morgan fingerprint density at radius 3 is 2.93 bits per heavy atom. The van der Waals surface area contributed by atoms with E-state index in [1.54, 1.807) is 7.11 Å². The van der Waals surface area contributed by atoms with Crippen molar-refractivity contribution in [3.05, 3.63) is 40.5 Å². The smallest absolute Gasteiger partial charge is 0.384 e. The van der Waals surface area contributed by atoms with Crippen molar-refractivity contribution >= 4 is 33.5 Å². The van der Waals surface area contributed by atoms with E-state index >= 15 is 0 Å². The van der Waals surface area contributed by atoms with Crippen LogP contribution < -0.4 is 10.6 Å². The third kappa shape index (κ3) is 4.24. The van der Waals surface area contributed by atoms with Gasteiger partial charge in [-0.05, 0) is 24.3 Å². The maximum atomic E-state index is 13.7. The highest BCUT2D eigenvalue weighted by atomic mass is 32.1.